The summed E-state index contributed by atoms with van der Waals surface area (Å²) in [5, 5.41) is 1.06. The van der Waals surface area contributed by atoms with Crippen LogP contribution in [-0.2, 0) is 0 Å². The first-order chi connectivity index (χ1) is 11.8. The fourth-order valence-electron chi connectivity index (χ4n) is 3.33. The number of methoxy groups -OCH3 is 1. The first-order valence-electron chi connectivity index (χ1n) is 8.51. The number of nitrogens with zero attached hydrogens (tertiary/aromatic N) is 3. The van der Waals surface area contributed by atoms with Gasteiger partial charge in [-0.25, -0.2) is 4.98 Å². The van der Waals surface area contributed by atoms with E-state index in [9.17, 15) is 0 Å². The molecular formula is C20H21N3O. The van der Waals surface area contributed by atoms with E-state index >= 15 is 0 Å². The van der Waals surface area contributed by atoms with Gasteiger partial charge in [-0.1, -0.05) is 30.3 Å². The van der Waals surface area contributed by atoms with E-state index in [1.807, 2.05) is 12.1 Å². The van der Waals surface area contributed by atoms with Crippen molar-refractivity contribution < 1.29 is 4.74 Å². The zero-order valence-electron chi connectivity index (χ0n) is 13.9. The molecule has 2 aromatic heterocycles. The van der Waals surface area contributed by atoms with Crippen LogP contribution in [0.2, 0.25) is 0 Å². The van der Waals surface area contributed by atoms with E-state index in [1.54, 1.807) is 7.11 Å². The highest BCUT2D eigenvalue weighted by Crippen LogP contribution is 2.32. The fourth-order valence-corrected chi connectivity index (χ4v) is 3.33. The summed E-state index contributed by atoms with van der Waals surface area (Å²) >= 11 is 0. The first-order valence-corrected chi connectivity index (χ1v) is 8.51. The number of rotatable bonds is 3. The van der Waals surface area contributed by atoms with Gasteiger partial charge >= 0.3 is 0 Å². The molecule has 24 heavy (non-hydrogen) atoms. The Labute approximate surface area is 142 Å². The molecule has 0 atom stereocenters. The van der Waals surface area contributed by atoms with Gasteiger partial charge < -0.3 is 9.64 Å². The van der Waals surface area contributed by atoms with Gasteiger partial charge in [0.1, 0.15) is 5.82 Å². The molecule has 0 radical (unpaired) electrons. The van der Waals surface area contributed by atoms with E-state index in [2.05, 4.69) is 46.3 Å². The number of hydrogen-bond donors (Lipinski definition) is 0. The van der Waals surface area contributed by atoms with Gasteiger partial charge in [0, 0.05) is 24.5 Å². The van der Waals surface area contributed by atoms with Crippen molar-refractivity contribution in [2.75, 3.05) is 25.1 Å². The minimum Gasteiger partial charge on any atom is -0.481 e. The molecule has 3 heterocycles. The Morgan fingerprint density at radius 1 is 0.917 bits per heavy atom. The van der Waals surface area contributed by atoms with Crippen LogP contribution in [0.1, 0.15) is 19.3 Å². The highest BCUT2D eigenvalue weighted by atomic mass is 16.5. The quantitative estimate of drug-likeness (QED) is 0.721. The van der Waals surface area contributed by atoms with Crippen molar-refractivity contribution in [2.45, 2.75) is 19.3 Å². The van der Waals surface area contributed by atoms with Crippen molar-refractivity contribution in [3.63, 3.8) is 0 Å². The normalized spacial score (nSPS) is 14.8. The predicted molar refractivity (Wildman–Crippen MR) is 97.6 cm³/mol. The standard InChI is InChI=1S/C20H21N3O/c1-24-19-11-10-16-17(15-8-4-2-5-9-15)14-18(21-20(16)22-19)23-12-6-3-7-13-23/h2,4-5,8-11,14H,3,6-7,12-13H2,1H3. The molecule has 0 spiro atoms. The Balaban J connectivity index is 1.90. The minimum atomic E-state index is 0.602. The van der Waals surface area contributed by atoms with Gasteiger partial charge in [0.2, 0.25) is 5.88 Å². The van der Waals surface area contributed by atoms with Crippen molar-refractivity contribution in [2.24, 2.45) is 0 Å². The number of fused-ring (bicyclic) bond motifs is 1. The summed E-state index contributed by atoms with van der Waals surface area (Å²) in [5.74, 6) is 1.62. The third-order valence-electron chi connectivity index (χ3n) is 4.61. The Bertz CT molecular complexity index is 842. The Kier molecular flexibility index (Phi) is 4.03. The molecule has 3 aromatic rings. The summed E-state index contributed by atoms with van der Waals surface area (Å²) in [6, 6.07) is 16.6. The molecule has 0 aliphatic carbocycles. The Hall–Kier alpha value is -2.62. The minimum absolute atomic E-state index is 0.602. The molecule has 122 valence electrons. The first kappa shape index (κ1) is 14.9. The van der Waals surface area contributed by atoms with Gasteiger partial charge in [0.25, 0.3) is 0 Å². The maximum Gasteiger partial charge on any atom is 0.215 e. The summed E-state index contributed by atoms with van der Waals surface area (Å²) in [4.78, 5) is 11.8. The van der Waals surface area contributed by atoms with Crippen molar-refractivity contribution in [1.29, 1.82) is 0 Å². The lowest BCUT2D eigenvalue weighted by Gasteiger charge is -2.28. The zero-order valence-corrected chi connectivity index (χ0v) is 13.9. The lowest BCUT2D eigenvalue weighted by Crippen LogP contribution is -2.30. The number of anilines is 1. The van der Waals surface area contributed by atoms with Gasteiger partial charge in [-0.05, 0) is 42.5 Å². The molecule has 1 aliphatic heterocycles. The third-order valence-corrected chi connectivity index (χ3v) is 4.61. The fraction of sp³-hybridized carbons (Fsp3) is 0.300. The SMILES string of the molecule is COc1ccc2c(-c3ccccc3)cc(N3CCCCC3)nc2n1. The summed E-state index contributed by atoms with van der Waals surface area (Å²) in [5.41, 5.74) is 3.11. The number of aromatic nitrogens is 2. The molecule has 0 unspecified atom stereocenters. The molecular weight excluding hydrogens is 298 g/mol. The van der Waals surface area contributed by atoms with E-state index in [0.29, 0.717) is 5.88 Å². The molecule has 1 fully saturated rings. The highest BCUT2D eigenvalue weighted by Gasteiger charge is 2.16. The van der Waals surface area contributed by atoms with Gasteiger partial charge in [0.15, 0.2) is 5.65 Å². The van der Waals surface area contributed by atoms with Crippen LogP contribution in [0.5, 0.6) is 5.88 Å². The van der Waals surface area contributed by atoms with Crippen LogP contribution >= 0.6 is 0 Å². The van der Waals surface area contributed by atoms with Crippen molar-refractivity contribution in [1.82, 2.24) is 9.97 Å². The lowest BCUT2D eigenvalue weighted by molar-refractivity contribution is 0.399. The second-order valence-electron chi connectivity index (χ2n) is 6.17. The van der Waals surface area contributed by atoms with Crippen LogP contribution in [0.15, 0.2) is 48.5 Å². The van der Waals surface area contributed by atoms with E-state index < -0.39 is 0 Å². The average molecular weight is 319 g/mol. The molecule has 1 saturated heterocycles. The third kappa shape index (κ3) is 2.80. The van der Waals surface area contributed by atoms with Crippen LogP contribution in [0.25, 0.3) is 22.2 Å². The second kappa shape index (κ2) is 6.48. The zero-order chi connectivity index (χ0) is 16.4. The summed E-state index contributed by atoms with van der Waals surface area (Å²) < 4.78 is 5.29. The van der Waals surface area contributed by atoms with Gasteiger partial charge in [0.05, 0.1) is 7.11 Å². The highest BCUT2D eigenvalue weighted by molar-refractivity contribution is 5.94. The number of ether oxygens (including phenoxy) is 1. The summed E-state index contributed by atoms with van der Waals surface area (Å²) in [6.07, 6.45) is 3.76. The van der Waals surface area contributed by atoms with Crippen LogP contribution in [0.3, 0.4) is 0 Å². The topological polar surface area (TPSA) is 38.2 Å². The molecule has 0 saturated carbocycles. The number of hydrogen-bond acceptors (Lipinski definition) is 4. The van der Waals surface area contributed by atoms with Crippen molar-refractivity contribution in [3.05, 3.63) is 48.5 Å². The predicted octanol–water partition coefficient (Wildman–Crippen LogP) is 4.30. The maximum absolute atomic E-state index is 5.29. The smallest absolute Gasteiger partial charge is 0.215 e. The molecule has 1 aliphatic rings. The summed E-state index contributed by atoms with van der Waals surface area (Å²) in [6.45, 7) is 2.13. The molecule has 0 N–H and O–H groups in total. The van der Waals surface area contributed by atoms with Crippen LogP contribution in [0.4, 0.5) is 5.82 Å². The molecule has 4 rings (SSSR count). The number of piperidine rings is 1. The van der Waals surface area contributed by atoms with Crippen molar-refractivity contribution >= 4 is 16.9 Å². The van der Waals surface area contributed by atoms with Crippen molar-refractivity contribution in [3.8, 4) is 17.0 Å². The molecule has 4 nitrogen and oxygen atoms in total. The number of pyridine rings is 2. The van der Waals surface area contributed by atoms with Crippen LogP contribution in [-0.4, -0.2) is 30.2 Å². The molecule has 0 bridgehead atoms. The molecule has 0 amide bonds. The monoisotopic (exact) mass is 319 g/mol. The lowest BCUT2D eigenvalue weighted by atomic mass is 10.0. The second-order valence-corrected chi connectivity index (χ2v) is 6.17. The maximum atomic E-state index is 5.29. The Morgan fingerprint density at radius 3 is 2.46 bits per heavy atom. The summed E-state index contributed by atoms with van der Waals surface area (Å²) in [7, 11) is 1.64. The molecule has 4 heteroatoms. The van der Waals surface area contributed by atoms with E-state index in [-0.39, 0.29) is 0 Å². The Morgan fingerprint density at radius 2 is 1.71 bits per heavy atom. The van der Waals surface area contributed by atoms with E-state index in [1.165, 1.54) is 30.4 Å². The van der Waals surface area contributed by atoms with Crippen LogP contribution < -0.4 is 9.64 Å². The van der Waals surface area contributed by atoms with Crippen LogP contribution in [0, 0.1) is 0 Å². The van der Waals surface area contributed by atoms with E-state index in [4.69, 9.17) is 9.72 Å². The van der Waals surface area contributed by atoms with Gasteiger partial charge in [-0.15, -0.1) is 0 Å². The van der Waals surface area contributed by atoms with Gasteiger partial charge in [-0.3, -0.25) is 0 Å². The molecule has 1 aromatic carbocycles. The average Bonchev–Trinajstić information content (AvgIpc) is 2.68. The van der Waals surface area contributed by atoms with Gasteiger partial charge in [-0.2, -0.15) is 4.98 Å². The largest absolute Gasteiger partial charge is 0.481 e. The number of benzene rings is 1. The van der Waals surface area contributed by atoms with E-state index in [0.717, 1.165) is 29.9 Å².